The summed E-state index contributed by atoms with van der Waals surface area (Å²) in [6.45, 7) is 4.80. The molecule has 4 rings (SSSR count). The topological polar surface area (TPSA) is 70.6 Å². The van der Waals surface area contributed by atoms with E-state index in [1.165, 1.54) is 15.6 Å². The van der Waals surface area contributed by atoms with E-state index in [2.05, 4.69) is 11.6 Å². The van der Waals surface area contributed by atoms with Gasteiger partial charge in [-0.05, 0) is 25.0 Å². The second-order valence-corrected chi connectivity index (χ2v) is 10.4. The van der Waals surface area contributed by atoms with Crippen LogP contribution in [0.3, 0.4) is 0 Å². The summed E-state index contributed by atoms with van der Waals surface area (Å²) in [4.78, 5) is 20.0. The summed E-state index contributed by atoms with van der Waals surface area (Å²) in [5, 5.41) is 2.58. The lowest BCUT2D eigenvalue weighted by atomic mass is 9.96. The zero-order valence-corrected chi connectivity index (χ0v) is 19.3. The number of amides is 1. The van der Waals surface area contributed by atoms with Crippen LogP contribution in [0.5, 0.6) is 0 Å². The zero-order valence-electron chi connectivity index (χ0n) is 17.6. The summed E-state index contributed by atoms with van der Waals surface area (Å²) >= 11 is 1.43. The van der Waals surface area contributed by atoms with E-state index in [1.807, 2.05) is 35.7 Å². The smallest absolute Gasteiger partial charge is 0.243 e. The van der Waals surface area contributed by atoms with E-state index in [9.17, 15) is 13.2 Å². The van der Waals surface area contributed by atoms with Crippen LogP contribution in [0, 0.1) is 5.92 Å². The number of anilines is 1. The lowest BCUT2D eigenvalue weighted by molar-refractivity contribution is -0.123. The molecule has 166 valence electrons. The Morgan fingerprint density at radius 1 is 1.09 bits per heavy atom. The van der Waals surface area contributed by atoms with Gasteiger partial charge >= 0.3 is 0 Å². The highest BCUT2D eigenvalue weighted by Gasteiger charge is 2.34. The second kappa shape index (κ2) is 9.77. The Morgan fingerprint density at radius 2 is 1.72 bits per heavy atom. The number of hydrogen-bond acceptors (Lipinski definition) is 5. The number of hydrogen-bond donors (Lipinski definition) is 0. The van der Waals surface area contributed by atoms with Crippen molar-refractivity contribution < 1.29 is 13.2 Å². The SMILES string of the molecule is C=CCN(C(=O)C1CCN(S(=O)(=O)c2ccccc2)CC1)c1nc(-c2ccccc2)cs1. The number of aromatic nitrogens is 1. The van der Waals surface area contributed by atoms with Gasteiger partial charge in [0.15, 0.2) is 5.13 Å². The number of thiazole rings is 1. The standard InChI is InChI=1S/C24H25N3O3S2/c1-2-15-27(24-25-22(18-31-24)19-9-5-3-6-10-19)23(28)20-13-16-26(17-14-20)32(29,30)21-11-7-4-8-12-21/h2-12,18,20H,1,13-17H2. The Hall–Kier alpha value is -2.81. The van der Waals surface area contributed by atoms with E-state index >= 15 is 0 Å². The summed E-state index contributed by atoms with van der Waals surface area (Å²) in [5.41, 5.74) is 1.83. The molecule has 0 radical (unpaired) electrons. The maximum atomic E-state index is 13.3. The molecule has 3 aromatic rings. The first-order chi connectivity index (χ1) is 15.5. The monoisotopic (exact) mass is 467 g/mol. The Bertz CT molecular complexity index is 1170. The molecule has 0 aliphatic carbocycles. The van der Waals surface area contributed by atoms with Crippen LogP contribution in [0.15, 0.2) is 83.6 Å². The number of carbonyl (C=O) groups excluding carboxylic acids is 1. The van der Waals surface area contributed by atoms with Gasteiger partial charge in [-0.25, -0.2) is 13.4 Å². The van der Waals surface area contributed by atoms with Crippen molar-refractivity contribution in [2.24, 2.45) is 5.92 Å². The molecule has 1 amide bonds. The van der Waals surface area contributed by atoms with Crippen LogP contribution in [-0.4, -0.2) is 43.2 Å². The zero-order chi connectivity index (χ0) is 22.6. The number of nitrogens with zero attached hydrogens (tertiary/aromatic N) is 3. The van der Waals surface area contributed by atoms with Crippen LogP contribution >= 0.6 is 11.3 Å². The first kappa shape index (κ1) is 22.4. The molecule has 6 nitrogen and oxygen atoms in total. The molecular formula is C24H25N3O3S2. The van der Waals surface area contributed by atoms with Gasteiger partial charge in [-0.2, -0.15) is 4.31 Å². The number of benzene rings is 2. The highest BCUT2D eigenvalue weighted by Crippen LogP contribution is 2.31. The predicted octanol–water partition coefficient (Wildman–Crippen LogP) is 4.43. The van der Waals surface area contributed by atoms with Crippen molar-refractivity contribution >= 4 is 32.4 Å². The predicted molar refractivity (Wildman–Crippen MR) is 128 cm³/mol. The van der Waals surface area contributed by atoms with Crippen molar-refractivity contribution in [3.05, 3.63) is 78.7 Å². The van der Waals surface area contributed by atoms with Gasteiger partial charge in [-0.3, -0.25) is 9.69 Å². The van der Waals surface area contributed by atoms with Crippen molar-refractivity contribution in [2.45, 2.75) is 17.7 Å². The normalized spacial score (nSPS) is 15.4. The molecule has 0 unspecified atom stereocenters. The van der Waals surface area contributed by atoms with E-state index in [-0.39, 0.29) is 16.7 Å². The fraction of sp³-hybridized carbons (Fsp3) is 0.250. The van der Waals surface area contributed by atoms with Crippen molar-refractivity contribution in [1.82, 2.24) is 9.29 Å². The molecule has 0 atom stereocenters. The average molecular weight is 468 g/mol. The number of rotatable bonds is 7. The quantitative estimate of drug-likeness (QED) is 0.482. The van der Waals surface area contributed by atoms with Crippen molar-refractivity contribution in [3.63, 3.8) is 0 Å². The minimum Gasteiger partial charge on any atom is -0.284 e. The molecule has 1 aliphatic rings. The molecule has 32 heavy (non-hydrogen) atoms. The van der Waals surface area contributed by atoms with Crippen LogP contribution in [-0.2, 0) is 14.8 Å². The minimum absolute atomic E-state index is 0.0318. The van der Waals surface area contributed by atoms with E-state index in [1.54, 1.807) is 41.3 Å². The third-order valence-electron chi connectivity index (χ3n) is 5.55. The third kappa shape index (κ3) is 4.67. The Kier molecular flexibility index (Phi) is 6.83. The lowest BCUT2D eigenvalue weighted by Crippen LogP contribution is -2.44. The minimum atomic E-state index is -3.54. The fourth-order valence-corrected chi connectivity index (χ4v) is 6.17. The second-order valence-electron chi connectivity index (χ2n) is 7.61. The molecule has 1 aliphatic heterocycles. The number of sulfonamides is 1. The van der Waals surface area contributed by atoms with Crippen LogP contribution in [0.25, 0.3) is 11.3 Å². The third-order valence-corrected chi connectivity index (χ3v) is 8.33. The van der Waals surface area contributed by atoms with Gasteiger partial charge in [0.25, 0.3) is 0 Å². The van der Waals surface area contributed by atoms with Crippen LogP contribution < -0.4 is 4.90 Å². The molecule has 1 fully saturated rings. The maximum Gasteiger partial charge on any atom is 0.243 e. The van der Waals surface area contributed by atoms with Crippen LogP contribution in [0.4, 0.5) is 5.13 Å². The molecule has 0 spiro atoms. The molecule has 8 heteroatoms. The lowest BCUT2D eigenvalue weighted by Gasteiger charge is -2.32. The van der Waals surface area contributed by atoms with Gasteiger partial charge < -0.3 is 0 Å². The Balaban J connectivity index is 1.46. The van der Waals surface area contributed by atoms with E-state index in [4.69, 9.17) is 0 Å². The van der Waals surface area contributed by atoms with Gasteiger partial charge in [-0.15, -0.1) is 17.9 Å². The largest absolute Gasteiger partial charge is 0.284 e. The number of carbonyl (C=O) groups is 1. The maximum absolute atomic E-state index is 13.3. The van der Waals surface area contributed by atoms with Gasteiger partial charge in [0.1, 0.15) is 0 Å². The highest BCUT2D eigenvalue weighted by molar-refractivity contribution is 7.89. The molecule has 1 saturated heterocycles. The van der Waals surface area contributed by atoms with Crippen LogP contribution in [0.2, 0.25) is 0 Å². The molecule has 0 N–H and O–H groups in total. The molecule has 2 aromatic carbocycles. The molecule has 0 saturated carbocycles. The summed E-state index contributed by atoms with van der Waals surface area (Å²) < 4.78 is 27.2. The molecule has 2 heterocycles. The van der Waals surface area contributed by atoms with E-state index < -0.39 is 10.0 Å². The van der Waals surface area contributed by atoms with E-state index in [0.29, 0.717) is 37.6 Å². The highest BCUT2D eigenvalue weighted by atomic mass is 32.2. The first-order valence-electron chi connectivity index (χ1n) is 10.5. The number of piperidine rings is 1. The molecule has 1 aromatic heterocycles. The summed E-state index contributed by atoms with van der Waals surface area (Å²) in [6.07, 6.45) is 2.65. The van der Waals surface area contributed by atoms with Gasteiger partial charge in [0.05, 0.1) is 10.6 Å². The summed E-state index contributed by atoms with van der Waals surface area (Å²) in [7, 11) is -3.54. The van der Waals surface area contributed by atoms with Crippen molar-refractivity contribution in [3.8, 4) is 11.3 Å². The average Bonchev–Trinajstić information content (AvgIpc) is 3.33. The fourth-order valence-electron chi connectivity index (χ4n) is 3.83. The van der Waals surface area contributed by atoms with E-state index in [0.717, 1.165) is 11.3 Å². The van der Waals surface area contributed by atoms with Gasteiger partial charge in [-0.1, -0.05) is 54.6 Å². The van der Waals surface area contributed by atoms with Crippen molar-refractivity contribution in [1.29, 1.82) is 0 Å². The first-order valence-corrected chi connectivity index (χ1v) is 12.8. The molecule has 0 bridgehead atoms. The van der Waals surface area contributed by atoms with Crippen molar-refractivity contribution in [2.75, 3.05) is 24.5 Å². The van der Waals surface area contributed by atoms with Gasteiger partial charge in [0, 0.05) is 36.5 Å². The Morgan fingerprint density at radius 3 is 2.34 bits per heavy atom. The molecular weight excluding hydrogens is 442 g/mol. The summed E-state index contributed by atoms with van der Waals surface area (Å²) in [5.74, 6) is -0.281. The van der Waals surface area contributed by atoms with Crippen LogP contribution in [0.1, 0.15) is 12.8 Å². The van der Waals surface area contributed by atoms with Gasteiger partial charge in [0.2, 0.25) is 15.9 Å². The summed E-state index contributed by atoms with van der Waals surface area (Å²) in [6, 6.07) is 18.3. The Labute approximate surface area is 192 Å².